The Kier molecular flexibility index (Phi) is 51.8. The van der Waals surface area contributed by atoms with Gasteiger partial charge >= 0.3 is 11.9 Å². The van der Waals surface area contributed by atoms with Crippen molar-refractivity contribution in [1.82, 2.24) is 0 Å². The normalized spacial score (nSPS) is 13.9. The first-order chi connectivity index (χ1) is 36.6. The smallest absolute Gasteiger partial charge is 0.306 e. The van der Waals surface area contributed by atoms with Gasteiger partial charge in [-0.15, -0.1) is 0 Å². The number of ether oxygens (including phenoxy) is 4. The Morgan fingerprint density at radius 3 is 1.15 bits per heavy atom. The SMILES string of the molecule is CC/C=C\C/C=C\C/C=C\C/C=C\C/C=C\C/C=C\C/C=C\C/C=C\C/C=C\CCCCCC(=O)OC(COC(=O)CCCCCCCC/C=C\C/C=C\C/C=C\CCCCC)COC(OCC[N+](C)(C)C)C(=O)[O-]. The van der Waals surface area contributed by atoms with E-state index < -0.39 is 24.3 Å². The first-order valence-electron chi connectivity index (χ1n) is 29.0. The molecule has 0 heterocycles. The Bertz CT molecular complexity index is 1730. The molecule has 0 radical (unpaired) electrons. The van der Waals surface area contributed by atoms with Crippen LogP contribution in [0.1, 0.15) is 194 Å². The number of esters is 2. The van der Waals surface area contributed by atoms with Gasteiger partial charge in [0.2, 0.25) is 0 Å². The van der Waals surface area contributed by atoms with Crippen LogP contribution in [-0.4, -0.2) is 82.3 Å². The quantitative estimate of drug-likeness (QED) is 0.0195. The molecule has 0 saturated carbocycles. The summed E-state index contributed by atoms with van der Waals surface area (Å²) in [5.74, 6) is -2.37. The zero-order valence-corrected chi connectivity index (χ0v) is 47.9. The van der Waals surface area contributed by atoms with E-state index in [4.69, 9.17) is 18.9 Å². The molecule has 0 spiro atoms. The van der Waals surface area contributed by atoms with Crippen LogP contribution in [0, 0.1) is 0 Å². The Labute approximate surface area is 458 Å². The molecule has 0 rings (SSSR count). The molecule has 422 valence electrons. The van der Waals surface area contributed by atoms with E-state index in [9.17, 15) is 19.5 Å². The summed E-state index contributed by atoms with van der Waals surface area (Å²) in [5.41, 5.74) is 0. The molecule has 0 amide bonds. The molecule has 75 heavy (non-hydrogen) atoms. The minimum Gasteiger partial charge on any atom is -0.545 e. The maximum absolute atomic E-state index is 12.9. The van der Waals surface area contributed by atoms with Crippen molar-refractivity contribution in [3.05, 3.63) is 146 Å². The highest BCUT2D eigenvalue weighted by Gasteiger charge is 2.22. The second kappa shape index (κ2) is 55.4. The molecule has 0 aromatic rings. The second-order valence-electron chi connectivity index (χ2n) is 19.8. The predicted octanol–water partition coefficient (Wildman–Crippen LogP) is 15.9. The number of aliphatic carboxylic acids is 1. The number of unbranched alkanes of at least 4 members (excludes halogenated alkanes) is 12. The van der Waals surface area contributed by atoms with E-state index in [1.165, 1.54) is 25.7 Å². The van der Waals surface area contributed by atoms with Crippen LogP contribution in [0.5, 0.6) is 0 Å². The van der Waals surface area contributed by atoms with E-state index in [2.05, 4.69) is 160 Å². The van der Waals surface area contributed by atoms with Gasteiger partial charge in [-0.2, -0.15) is 0 Å². The van der Waals surface area contributed by atoms with Gasteiger partial charge in [0.05, 0.1) is 40.3 Å². The monoisotopic (exact) mass is 1040 g/mol. The number of carbonyl (C=O) groups is 3. The van der Waals surface area contributed by atoms with Crippen LogP contribution >= 0.6 is 0 Å². The van der Waals surface area contributed by atoms with Gasteiger partial charge in [0.25, 0.3) is 0 Å². The Balaban J connectivity index is 4.40. The van der Waals surface area contributed by atoms with Crippen LogP contribution in [0.25, 0.3) is 0 Å². The first kappa shape index (κ1) is 70.2. The number of rotatable bonds is 51. The molecule has 0 aromatic carbocycles. The van der Waals surface area contributed by atoms with Crippen LogP contribution in [0.4, 0.5) is 0 Å². The lowest BCUT2D eigenvalue weighted by atomic mass is 10.1. The molecule has 0 bridgehead atoms. The van der Waals surface area contributed by atoms with Crippen LogP contribution < -0.4 is 5.11 Å². The fourth-order valence-electron chi connectivity index (χ4n) is 7.12. The lowest BCUT2D eigenvalue weighted by Gasteiger charge is -2.26. The molecule has 0 aliphatic heterocycles. The fraction of sp³-hybridized carbons (Fsp3) is 0.591. The third-order valence-corrected chi connectivity index (χ3v) is 11.6. The molecule has 0 aliphatic carbocycles. The molecule has 9 nitrogen and oxygen atoms in total. The average molecular weight is 1040 g/mol. The number of nitrogens with zero attached hydrogens (tertiary/aromatic N) is 1. The van der Waals surface area contributed by atoms with Gasteiger partial charge in [0.15, 0.2) is 12.4 Å². The zero-order chi connectivity index (χ0) is 54.8. The highest BCUT2D eigenvalue weighted by molar-refractivity contribution is 5.70. The Morgan fingerprint density at radius 1 is 0.413 bits per heavy atom. The van der Waals surface area contributed by atoms with Crippen molar-refractivity contribution in [2.45, 2.75) is 206 Å². The highest BCUT2D eigenvalue weighted by atomic mass is 16.7. The van der Waals surface area contributed by atoms with Gasteiger partial charge in [-0.25, -0.2) is 0 Å². The molecule has 0 saturated heterocycles. The van der Waals surface area contributed by atoms with E-state index >= 15 is 0 Å². The third-order valence-electron chi connectivity index (χ3n) is 11.6. The van der Waals surface area contributed by atoms with Gasteiger partial charge in [-0.05, 0) is 122 Å². The van der Waals surface area contributed by atoms with Crippen LogP contribution in [0.3, 0.4) is 0 Å². The highest BCUT2D eigenvalue weighted by Crippen LogP contribution is 2.12. The summed E-state index contributed by atoms with van der Waals surface area (Å²) in [4.78, 5) is 37.3. The van der Waals surface area contributed by atoms with Crippen molar-refractivity contribution in [2.24, 2.45) is 0 Å². The second-order valence-corrected chi connectivity index (χ2v) is 19.8. The van der Waals surface area contributed by atoms with E-state index in [-0.39, 0.29) is 38.6 Å². The van der Waals surface area contributed by atoms with Gasteiger partial charge in [-0.1, -0.05) is 205 Å². The summed E-state index contributed by atoms with van der Waals surface area (Å²) in [5, 5.41) is 11.8. The number of carbonyl (C=O) groups excluding carboxylic acids is 3. The maximum Gasteiger partial charge on any atom is 0.306 e. The maximum atomic E-state index is 12.9. The van der Waals surface area contributed by atoms with Crippen molar-refractivity contribution in [2.75, 3.05) is 47.5 Å². The Morgan fingerprint density at radius 2 is 0.760 bits per heavy atom. The summed E-state index contributed by atoms with van der Waals surface area (Å²) in [6.07, 6.45) is 77.5. The topological polar surface area (TPSA) is 111 Å². The van der Waals surface area contributed by atoms with Crippen LogP contribution in [0.15, 0.2) is 146 Å². The number of quaternary nitrogens is 1. The third kappa shape index (κ3) is 56.7. The molecule has 2 unspecified atom stereocenters. The van der Waals surface area contributed by atoms with Gasteiger partial charge in [-0.3, -0.25) is 9.59 Å². The summed E-state index contributed by atoms with van der Waals surface area (Å²) in [6.45, 7) is 4.52. The van der Waals surface area contributed by atoms with Gasteiger partial charge in [0.1, 0.15) is 13.2 Å². The fourth-order valence-corrected chi connectivity index (χ4v) is 7.12. The summed E-state index contributed by atoms with van der Waals surface area (Å²) in [7, 11) is 5.89. The molecule has 0 aromatic heterocycles. The number of likely N-dealkylation sites (N-methyl/N-ethyl adjacent to an activating group) is 1. The van der Waals surface area contributed by atoms with Crippen molar-refractivity contribution < 1.29 is 42.9 Å². The number of allylic oxidation sites excluding steroid dienone is 24. The molecule has 9 heteroatoms. The van der Waals surface area contributed by atoms with Crippen molar-refractivity contribution >= 4 is 17.9 Å². The molecular formula is C66H105NO8. The minimum absolute atomic E-state index is 0.130. The summed E-state index contributed by atoms with van der Waals surface area (Å²) >= 11 is 0. The predicted molar refractivity (Wildman–Crippen MR) is 315 cm³/mol. The first-order valence-corrected chi connectivity index (χ1v) is 29.0. The number of carboxylic acid groups (broad SMARTS) is 1. The summed E-state index contributed by atoms with van der Waals surface area (Å²) < 4.78 is 22.6. The van der Waals surface area contributed by atoms with Crippen molar-refractivity contribution in [3.8, 4) is 0 Å². The standard InChI is InChI=1S/C66H105NO8/c1-6-8-10-12-14-16-18-20-22-24-26-27-28-29-30-31-32-33-34-35-36-37-39-41-43-45-47-49-51-53-55-57-64(69)75-62(61-74-66(65(70)71)72-59-58-67(3,4)5)60-73-63(68)56-54-52-50-48-46-44-42-40-38-25-23-21-19-17-15-13-11-9-7-2/h8,10,14-17,20-23,26-27,29-30,32-33,35-36,38-41,45,47,62,66H,6-7,9,11-13,18-19,24-25,28,31,34,37,42-44,46,48-61H2,1-5H3/b10-8-,16-14-,17-15-,22-20-,23-21-,27-26-,30-29-,33-32-,36-35-,40-38-,41-39-,47-45-. The Hall–Kier alpha value is -4.83. The van der Waals surface area contributed by atoms with Gasteiger partial charge in [0, 0.05) is 12.8 Å². The minimum atomic E-state index is -1.64. The molecule has 2 atom stereocenters. The van der Waals surface area contributed by atoms with E-state index in [0.29, 0.717) is 23.9 Å². The molecule has 0 N–H and O–H groups in total. The molecule has 0 fully saturated rings. The molecule has 0 aliphatic rings. The van der Waals surface area contributed by atoms with Crippen molar-refractivity contribution in [1.29, 1.82) is 0 Å². The average Bonchev–Trinajstić information content (AvgIpc) is 3.38. The van der Waals surface area contributed by atoms with Gasteiger partial charge < -0.3 is 33.3 Å². The lowest BCUT2D eigenvalue weighted by Crippen LogP contribution is -2.44. The number of carboxylic acids is 1. The van der Waals surface area contributed by atoms with E-state index in [1.54, 1.807) is 0 Å². The zero-order valence-electron chi connectivity index (χ0n) is 47.9. The molecular weight excluding hydrogens is 935 g/mol. The van der Waals surface area contributed by atoms with Crippen molar-refractivity contribution in [3.63, 3.8) is 0 Å². The lowest BCUT2D eigenvalue weighted by molar-refractivity contribution is -0.870. The van der Waals surface area contributed by atoms with Crippen LogP contribution in [0.2, 0.25) is 0 Å². The number of hydrogen-bond acceptors (Lipinski definition) is 8. The van der Waals surface area contributed by atoms with E-state index in [0.717, 1.165) is 128 Å². The van der Waals surface area contributed by atoms with E-state index in [1.807, 2.05) is 21.1 Å². The number of hydrogen-bond donors (Lipinski definition) is 0. The largest absolute Gasteiger partial charge is 0.545 e. The van der Waals surface area contributed by atoms with Crippen LogP contribution in [-0.2, 0) is 33.3 Å². The summed E-state index contributed by atoms with van der Waals surface area (Å²) in [6, 6.07) is 0.